The SMILES string of the molecule is c1ccc2c(c1)Oc1ccccc1C21OC2(c3ccccc3Oc3ccccc32)[C@H]2c3ccc4ccccc4c3-c3c(ccc4ccccc34)[C@@H]21. The summed E-state index contributed by atoms with van der Waals surface area (Å²) in [5.74, 6) is 3.02. The van der Waals surface area contributed by atoms with Crippen molar-refractivity contribution in [3.63, 3.8) is 0 Å². The fraction of sp³-hybridized carbons (Fsp3) is 0.0833. The van der Waals surface area contributed by atoms with Crippen molar-refractivity contribution < 1.29 is 14.2 Å². The Morgan fingerprint density at radius 2 is 0.667 bits per heavy atom. The molecule has 0 unspecified atom stereocenters. The van der Waals surface area contributed by atoms with Crippen molar-refractivity contribution in [3.05, 3.63) is 203 Å². The largest absolute Gasteiger partial charge is 0.457 e. The summed E-state index contributed by atoms with van der Waals surface area (Å²) in [6.45, 7) is 0. The van der Waals surface area contributed by atoms with Crippen LogP contribution in [0.2, 0.25) is 0 Å². The van der Waals surface area contributed by atoms with Gasteiger partial charge in [-0.3, -0.25) is 0 Å². The van der Waals surface area contributed by atoms with Crippen LogP contribution in [0.15, 0.2) is 170 Å². The predicted molar refractivity (Wildman–Crippen MR) is 201 cm³/mol. The molecule has 0 amide bonds. The summed E-state index contributed by atoms with van der Waals surface area (Å²) in [7, 11) is 0. The van der Waals surface area contributed by atoms with Crippen LogP contribution in [0.1, 0.15) is 45.2 Å². The lowest BCUT2D eigenvalue weighted by molar-refractivity contribution is -0.0825. The zero-order chi connectivity index (χ0) is 33.3. The molecule has 3 aliphatic heterocycles. The van der Waals surface area contributed by atoms with E-state index in [1.807, 2.05) is 0 Å². The van der Waals surface area contributed by atoms with Gasteiger partial charge >= 0.3 is 0 Å². The van der Waals surface area contributed by atoms with Crippen molar-refractivity contribution in [2.24, 2.45) is 0 Å². The molecular weight excluding hydrogens is 625 g/mol. The van der Waals surface area contributed by atoms with Crippen LogP contribution in [-0.4, -0.2) is 0 Å². The van der Waals surface area contributed by atoms with Gasteiger partial charge in [0.05, 0.1) is 0 Å². The molecule has 2 spiro atoms. The number of ether oxygens (including phenoxy) is 3. The molecule has 51 heavy (non-hydrogen) atoms. The minimum atomic E-state index is -0.922. The van der Waals surface area contributed by atoms with E-state index in [4.69, 9.17) is 14.2 Å². The molecule has 240 valence electrons. The highest BCUT2D eigenvalue weighted by Crippen LogP contribution is 2.76. The van der Waals surface area contributed by atoms with E-state index in [0.717, 1.165) is 45.3 Å². The van der Waals surface area contributed by atoms with Gasteiger partial charge in [-0.1, -0.05) is 146 Å². The van der Waals surface area contributed by atoms with E-state index >= 15 is 0 Å². The average molecular weight is 655 g/mol. The Kier molecular flexibility index (Phi) is 5.28. The molecule has 0 N–H and O–H groups in total. The zero-order valence-corrected chi connectivity index (χ0v) is 27.5. The van der Waals surface area contributed by atoms with E-state index < -0.39 is 11.2 Å². The molecule has 0 bridgehead atoms. The lowest BCUT2D eigenvalue weighted by Crippen LogP contribution is -2.39. The first-order valence-corrected chi connectivity index (χ1v) is 17.7. The molecule has 8 aromatic rings. The Bertz CT molecular complexity index is 2500. The summed E-state index contributed by atoms with van der Waals surface area (Å²) in [6.07, 6.45) is 0. The minimum Gasteiger partial charge on any atom is -0.457 e. The van der Waals surface area contributed by atoms with Gasteiger partial charge in [0.15, 0.2) is 0 Å². The van der Waals surface area contributed by atoms with Crippen molar-refractivity contribution in [3.8, 4) is 34.1 Å². The third-order valence-electron chi connectivity index (χ3n) is 12.0. The second kappa shape index (κ2) is 9.75. The van der Waals surface area contributed by atoms with Gasteiger partial charge in [-0.05, 0) is 68.1 Å². The van der Waals surface area contributed by atoms with Crippen LogP contribution in [-0.2, 0) is 15.9 Å². The quantitative estimate of drug-likeness (QED) is 0.163. The van der Waals surface area contributed by atoms with Crippen molar-refractivity contribution in [1.29, 1.82) is 0 Å². The van der Waals surface area contributed by atoms with Gasteiger partial charge in [0.2, 0.25) is 0 Å². The Balaban J connectivity index is 1.33. The summed E-state index contributed by atoms with van der Waals surface area (Å²) < 4.78 is 21.8. The molecule has 1 saturated heterocycles. The fourth-order valence-electron chi connectivity index (χ4n) is 10.2. The minimum absolute atomic E-state index is 0.142. The molecule has 3 nitrogen and oxygen atoms in total. The molecule has 8 aromatic carbocycles. The second-order valence-electron chi connectivity index (χ2n) is 14.2. The smallest absolute Gasteiger partial charge is 0.135 e. The van der Waals surface area contributed by atoms with Crippen molar-refractivity contribution in [2.75, 3.05) is 0 Å². The number of hydrogen-bond donors (Lipinski definition) is 0. The first-order chi connectivity index (χ1) is 25.3. The van der Waals surface area contributed by atoms with Gasteiger partial charge in [0.25, 0.3) is 0 Å². The van der Waals surface area contributed by atoms with Crippen LogP contribution in [0, 0.1) is 0 Å². The van der Waals surface area contributed by atoms with Gasteiger partial charge in [-0.25, -0.2) is 0 Å². The van der Waals surface area contributed by atoms with Gasteiger partial charge in [-0.15, -0.1) is 0 Å². The summed E-state index contributed by atoms with van der Waals surface area (Å²) in [6, 6.07) is 61.1. The average Bonchev–Trinajstić information content (AvgIpc) is 3.50. The molecule has 0 radical (unpaired) electrons. The van der Waals surface area contributed by atoms with E-state index in [2.05, 4.69) is 170 Å². The molecular formula is C48H30O3. The van der Waals surface area contributed by atoms with Gasteiger partial charge in [0, 0.05) is 34.1 Å². The molecule has 3 heterocycles. The normalized spacial score (nSPS) is 19.1. The van der Waals surface area contributed by atoms with Crippen molar-refractivity contribution >= 4 is 21.5 Å². The molecule has 12 rings (SSSR count). The third-order valence-corrected chi connectivity index (χ3v) is 12.0. The van der Waals surface area contributed by atoms with E-state index in [1.165, 1.54) is 43.8 Å². The first-order valence-electron chi connectivity index (χ1n) is 17.7. The Morgan fingerprint density at radius 1 is 0.333 bits per heavy atom. The monoisotopic (exact) mass is 654 g/mol. The van der Waals surface area contributed by atoms with Crippen LogP contribution in [0.3, 0.4) is 0 Å². The summed E-state index contributed by atoms with van der Waals surface area (Å²) >= 11 is 0. The van der Waals surface area contributed by atoms with Gasteiger partial charge in [-0.2, -0.15) is 0 Å². The highest BCUT2D eigenvalue weighted by molar-refractivity contribution is 6.09. The summed E-state index contributed by atoms with van der Waals surface area (Å²) in [5.41, 5.74) is 7.47. The summed E-state index contributed by atoms with van der Waals surface area (Å²) in [4.78, 5) is 0. The van der Waals surface area contributed by atoms with E-state index in [0.29, 0.717) is 0 Å². The highest BCUT2D eigenvalue weighted by Gasteiger charge is 2.71. The molecule has 0 aromatic heterocycles. The molecule has 1 fully saturated rings. The lowest BCUT2D eigenvalue weighted by atomic mass is 9.57. The van der Waals surface area contributed by atoms with Crippen LogP contribution < -0.4 is 9.47 Å². The van der Waals surface area contributed by atoms with Crippen LogP contribution in [0.25, 0.3) is 32.7 Å². The van der Waals surface area contributed by atoms with Crippen molar-refractivity contribution in [2.45, 2.75) is 23.0 Å². The highest BCUT2D eigenvalue weighted by atomic mass is 16.6. The van der Waals surface area contributed by atoms with Crippen LogP contribution in [0.5, 0.6) is 23.0 Å². The molecule has 0 saturated carbocycles. The van der Waals surface area contributed by atoms with Gasteiger partial charge in [0.1, 0.15) is 34.2 Å². The van der Waals surface area contributed by atoms with E-state index in [-0.39, 0.29) is 11.8 Å². The standard InChI is InChI=1S/C48H30O3/c1-3-15-31-29(13-1)25-27-33-43(31)44-32-16-4-2-14-30(32)26-28-34(44)46-45(33)47(35-17-5-9-21-39(35)49-40-22-10-6-18-36(40)47)51-48(46)37-19-7-11-23-41(37)50-42-24-12-8-20-38(42)48/h1-28,45-46H/t45-,46-/m0/s1. The maximum absolute atomic E-state index is 8.35. The second-order valence-corrected chi connectivity index (χ2v) is 14.2. The number of hydrogen-bond acceptors (Lipinski definition) is 3. The number of benzene rings is 8. The third kappa shape index (κ3) is 3.33. The molecule has 4 aliphatic rings. The first kappa shape index (κ1) is 27.6. The summed E-state index contributed by atoms with van der Waals surface area (Å²) in [5, 5.41) is 4.96. The fourth-order valence-corrected chi connectivity index (χ4v) is 10.2. The number of rotatable bonds is 0. The molecule has 1 aliphatic carbocycles. The van der Waals surface area contributed by atoms with Gasteiger partial charge < -0.3 is 14.2 Å². The molecule has 2 atom stereocenters. The number of para-hydroxylation sites is 4. The lowest BCUT2D eigenvalue weighted by Gasteiger charge is -2.44. The number of fused-ring (bicyclic) bond motifs is 20. The maximum Gasteiger partial charge on any atom is 0.135 e. The topological polar surface area (TPSA) is 27.7 Å². The zero-order valence-electron chi connectivity index (χ0n) is 27.5. The Hall–Kier alpha value is -6.16. The predicted octanol–water partition coefficient (Wildman–Crippen LogP) is 12.0. The Labute approximate surface area is 295 Å². The van der Waals surface area contributed by atoms with Crippen LogP contribution >= 0.6 is 0 Å². The van der Waals surface area contributed by atoms with Crippen molar-refractivity contribution in [1.82, 2.24) is 0 Å². The van der Waals surface area contributed by atoms with E-state index in [1.54, 1.807) is 0 Å². The Morgan fingerprint density at radius 3 is 1.06 bits per heavy atom. The van der Waals surface area contributed by atoms with E-state index in [9.17, 15) is 0 Å². The maximum atomic E-state index is 8.35. The van der Waals surface area contributed by atoms with Crippen LogP contribution in [0.4, 0.5) is 0 Å². The molecule has 3 heteroatoms.